The van der Waals surface area contributed by atoms with Crippen molar-refractivity contribution in [2.45, 2.75) is 26.9 Å². The molecule has 0 unspecified atom stereocenters. The first-order valence-corrected chi connectivity index (χ1v) is 12.6. The molecule has 1 amide bonds. The Morgan fingerprint density at radius 1 is 0.952 bits per heavy atom. The van der Waals surface area contributed by atoms with Gasteiger partial charge in [0.25, 0.3) is 11.5 Å². The Morgan fingerprint density at radius 3 is 2.43 bits per heavy atom. The molecule has 0 saturated carbocycles. The van der Waals surface area contributed by atoms with Gasteiger partial charge in [0.1, 0.15) is 5.39 Å². The highest BCUT2D eigenvalue weighted by molar-refractivity contribution is 6.04. The smallest absolute Gasteiger partial charge is 0.323 e. The number of benzene rings is 2. The van der Waals surface area contributed by atoms with Crippen LogP contribution in [0.4, 0.5) is 30.5 Å². The number of hydrogen-bond acceptors (Lipinski definition) is 7. The average Bonchev–Trinajstić information content (AvgIpc) is 2.94. The summed E-state index contributed by atoms with van der Waals surface area (Å²) >= 11 is 0. The third-order valence-electron chi connectivity index (χ3n) is 6.63. The van der Waals surface area contributed by atoms with Gasteiger partial charge in [-0.1, -0.05) is 12.1 Å². The van der Waals surface area contributed by atoms with Crippen molar-refractivity contribution in [3.8, 4) is 5.69 Å². The Balaban J connectivity index is 1.52. The molecule has 0 aliphatic rings. The van der Waals surface area contributed by atoms with Gasteiger partial charge in [0.2, 0.25) is 5.95 Å². The Labute approximate surface area is 236 Å². The molecule has 2 N–H and O–H groups in total. The van der Waals surface area contributed by atoms with Crippen molar-refractivity contribution in [1.82, 2.24) is 24.1 Å². The number of fused-ring (bicyclic) bond motifs is 1. The summed E-state index contributed by atoms with van der Waals surface area (Å²) in [5.74, 6) is -0.624. The van der Waals surface area contributed by atoms with Crippen molar-refractivity contribution < 1.29 is 18.0 Å². The summed E-state index contributed by atoms with van der Waals surface area (Å²) in [5, 5.41) is 5.66. The Hall–Kier alpha value is -5.33. The molecule has 0 aliphatic carbocycles. The quantitative estimate of drug-likeness (QED) is 0.308. The third kappa shape index (κ3) is 5.36. The van der Waals surface area contributed by atoms with Crippen molar-refractivity contribution in [3.63, 3.8) is 0 Å². The summed E-state index contributed by atoms with van der Waals surface area (Å²) in [4.78, 5) is 52.8. The maximum Gasteiger partial charge on any atom is 0.416 e. The van der Waals surface area contributed by atoms with E-state index >= 15 is 0 Å². The van der Waals surface area contributed by atoms with E-state index in [1.807, 2.05) is 26.0 Å². The number of alkyl halides is 3. The van der Waals surface area contributed by atoms with Gasteiger partial charge < -0.3 is 10.6 Å². The minimum absolute atomic E-state index is 0.0687. The predicted octanol–water partition coefficient (Wildman–Crippen LogP) is 4.81. The molecular formula is C29H24F3N7O3. The number of carbonyl (C=O) groups is 1. The lowest BCUT2D eigenvalue weighted by Crippen LogP contribution is -2.38. The van der Waals surface area contributed by atoms with Gasteiger partial charge in [-0.2, -0.15) is 18.2 Å². The first-order valence-electron chi connectivity index (χ1n) is 12.6. The SMILES string of the molecule is Cc1ccc(Nc2ncc3c(=O)n(-c4cc(NC(=O)c5cccc(C(F)(F)F)c5)ccc4C)c(=O)n(C)c3n2)c(C)n1. The zero-order valence-corrected chi connectivity index (χ0v) is 22.9. The molecule has 0 saturated heterocycles. The van der Waals surface area contributed by atoms with E-state index in [1.165, 1.54) is 36.0 Å². The van der Waals surface area contributed by atoms with E-state index < -0.39 is 28.9 Å². The zero-order valence-electron chi connectivity index (χ0n) is 22.9. The number of hydrogen-bond donors (Lipinski definition) is 2. The van der Waals surface area contributed by atoms with Gasteiger partial charge in [-0.05, 0) is 68.8 Å². The molecular weight excluding hydrogens is 551 g/mol. The van der Waals surface area contributed by atoms with E-state index in [4.69, 9.17) is 0 Å². The molecule has 3 aromatic heterocycles. The van der Waals surface area contributed by atoms with E-state index in [0.29, 0.717) is 11.3 Å². The average molecular weight is 576 g/mol. The van der Waals surface area contributed by atoms with Gasteiger partial charge in [-0.3, -0.25) is 19.1 Å². The Morgan fingerprint density at radius 2 is 1.71 bits per heavy atom. The van der Waals surface area contributed by atoms with Gasteiger partial charge >= 0.3 is 11.9 Å². The van der Waals surface area contributed by atoms with Crippen molar-refractivity contribution in [2.75, 3.05) is 10.6 Å². The van der Waals surface area contributed by atoms with Crippen LogP contribution in [0.3, 0.4) is 0 Å². The summed E-state index contributed by atoms with van der Waals surface area (Å²) in [6.45, 7) is 5.36. The monoisotopic (exact) mass is 575 g/mol. The van der Waals surface area contributed by atoms with Crippen LogP contribution in [-0.4, -0.2) is 30.0 Å². The van der Waals surface area contributed by atoms with Crippen LogP contribution < -0.4 is 21.9 Å². The number of aromatic nitrogens is 5. The number of nitrogens with zero attached hydrogens (tertiary/aromatic N) is 5. The number of anilines is 3. The van der Waals surface area contributed by atoms with E-state index in [1.54, 1.807) is 13.0 Å². The summed E-state index contributed by atoms with van der Waals surface area (Å²) in [7, 11) is 1.46. The van der Waals surface area contributed by atoms with Crippen LogP contribution in [0.1, 0.15) is 32.9 Å². The van der Waals surface area contributed by atoms with Gasteiger partial charge in [0.15, 0.2) is 5.65 Å². The number of pyridine rings is 1. The molecule has 42 heavy (non-hydrogen) atoms. The van der Waals surface area contributed by atoms with E-state index in [-0.39, 0.29) is 33.9 Å². The number of rotatable bonds is 5. The molecule has 0 bridgehead atoms. The maximum absolute atomic E-state index is 13.5. The lowest BCUT2D eigenvalue weighted by molar-refractivity contribution is -0.137. The van der Waals surface area contributed by atoms with E-state index in [9.17, 15) is 27.6 Å². The number of nitrogens with one attached hydrogen (secondary N) is 2. The number of halogens is 3. The summed E-state index contributed by atoms with van der Waals surface area (Å²) in [5.41, 5.74) is 0.660. The second kappa shape index (κ2) is 10.6. The number of aryl methyl sites for hydroxylation is 4. The molecule has 2 aromatic carbocycles. The standard InChI is InChI=1S/C29H24F3N7O3/c1-15-8-10-20(35-25(40)18-6-5-7-19(12-18)29(30,31)32)13-23(15)39-26(41)21-14-33-27(37-24(21)38(4)28(39)42)36-22-11-9-16(2)34-17(22)3/h5-14H,1-4H3,(H,35,40)(H,33,36,37). The lowest BCUT2D eigenvalue weighted by atomic mass is 10.1. The Bertz CT molecular complexity index is 2000. The van der Waals surface area contributed by atoms with Gasteiger partial charge in [-0.15, -0.1) is 0 Å². The molecule has 10 nitrogen and oxygen atoms in total. The first kappa shape index (κ1) is 28.2. The number of carbonyl (C=O) groups excluding carboxylic acids is 1. The van der Waals surface area contributed by atoms with Gasteiger partial charge in [0.05, 0.1) is 22.6 Å². The molecule has 3 heterocycles. The highest BCUT2D eigenvalue weighted by atomic mass is 19.4. The van der Waals surface area contributed by atoms with E-state index in [0.717, 1.165) is 34.2 Å². The molecule has 5 aromatic rings. The topological polar surface area (TPSA) is 124 Å². The van der Waals surface area contributed by atoms with Crippen LogP contribution in [0.25, 0.3) is 16.7 Å². The molecule has 0 fully saturated rings. The van der Waals surface area contributed by atoms with Crippen LogP contribution >= 0.6 is 0 Å². The van der Waals surface area contributed by atoms with Crippen molar-refractivity contribution in [3.05, 3.63) is 110 Å². The normalized spacial score (nSPS) is 11.5. The maximum atomic E-state index is 13.5. The molecule has 0 atom stereocenters. The van der Waals surface area contributed by atoms with E-state index in [2.05, 4.69) is 25.6 Å². The molecule has 0 radical (unpaired) electrons. The fraction of sp³-hybridized carbons (Fsp3) is 0.172. The first-order chi connectivity index (χ1) is 19.8. The summed E-state index contributed by atoms with van der Waals surface area (Å²) < 4.78 is 41.4. The van der Waals surface area contributed by atoms with Crippen LogP contribution in [0.2, 0.25) is 0 Å². The molecule has 0 spiro atoms. The van der Waals surface area contributed by atoms with Crippen LogP contribution in [0, 0.1) is 20.8 Å². The summed E-state index contributed by atoms with van der Waals surface area (Å²) in [6.07, 6.45) is -3.30. The molecule has 13 heteroatoms. The zero-order chi connectivity index (χ0) is 30.3. The minimum atomic E-state index is -4.61. The van der Waals surface area contributed by atoms with Crippen LogP contribution in [-0.2, 0) is 13.2 Å². The highest BCUT2D eigenvalue weighted by Gasteiger charge is 2.31. The van der Waals surface area contributed by atoms with Crippen molar-refractivity contribution >= 4 is 34.3 Å². The minimum Gasteiger partial charge on any atom is -0.323 e. The van der Waals surface area contributed by atoms with Crippen LogP contribution in [0.5, 0.6) is 0 Å². The van der Waals surface area contributed by atoms with Gasteiger partial charge in [-0.25, -0.2) is 14.3 Å². The predicted molar refractivity (Wildman–Crippen MR) is 152 cm³/mol. The lowest BCUT2D eigenvalue weighted by Gasteiger charge is -2.15. The Kier molecular flexibility index (Phi) is 7.10. The van der Waals surface area contributed by atoms with Crippen LogP contribution in [0.15, 0.2) is 70.4 Å². The second-order valence-electron chi connectivity index (χ2n) is 9.66. The fourth-order valence-corrected chi connectivity index (χ4v) is 4.41. The molecule has 214 valence electrons. The van der Waals surface area contributed by atoms with Crippen molar-refractivity contribution in [1.29, 1.82) is 0 Å². The fourth-order valence-electron chi connectivity index (χ4n) is 4.41. The number of amides is 1. The third-order valence-corrected chi connectivity index (χ3v) is 6.63. The summed E-state index contributed by atoms with van der Waals surface area (Å²) in [6, 6.07) is 12.1. The van der Waals surface area contributed by atoms with Gasteiger partial charge in [0, 0.05) is 30.2 Å². The second-order valence-corrected chi connectivity index (χ2v) is 9.66. The van der Waals surface area contributed by atoms with Crippen molar-refractivity contribution in [2.24, 2.45) is 7.05 Å². The highest BCUT2D eigenvalue weighted by Crippen LogP contribution is 2.30. The largest absolute Gasteiger partial charge is 0.416 e. The molecule has 0 aliphatic heterocycles. The molecule has 5 rings (SSSR count).